The second-order valence-electron chi connectivity index (χ2n) is 7.88. The lowest BCUT2D eigenvalue weighted by Gasteiger charge is -2.35. The Bertz CT molecular complexity index is 1300. The number of fused-ring (bicyclic) bond motifs is 1. The molecule has 1 atom stereocenters. The van der Waals surface area contributed by atoms with Gasteiger partial charge in [-0.15, -0.1) is 0 Å². The maximum absolute atomic E-state index is 13.5. The molecule has 184 valence electrons. The minimum absolute atomic E-state index is 0.0863. The van der Waals surface area contributed by atoms with Crippen LogP contribution in [0, 0.1) is 6.92 Å². The van der Waals surface area contributed by atoms with E-state index >= 15 is 0 Å². The molecule has 4 rings (SSSR count). The molecule has 0 saturated carbocycles. The van der Waals surface area contributed by atoms with Gasteiger partial charge in [-0.25, -0.2) is 8.42 Å². The third-order valence-electron chi connectivity index (χ3n) is 5.41. The molecule has 0 saturated heterocycles. The van der Waals surface area contributed by atoms with Gasteiger partial charge in [-0.1, -0.05) is 17.7 Å². The molecule has 1 heterocycles. The first-order chi connectivity index (χ1) is 16.8. The van der Waals surface area contributed by atoms with Gasteiger partial charge in [-0.2, -0.15) is 0 Å². The van der Waals surface area contributed by atoms with E-state index in [1.165, 1.54) is 23.5 Å². The zero-order valence-electron chi connectivity index (χ0n) is 19.2. The number of nitrogens with zero attached hydrogens (tertiary/aromatic N) is 1. The van der Waals surface area contributed by atoms with Crippen LogP contribution in [-0.2, 0) is 14.8 Å². The molecule has 0 bridgehead atoms. The van der Waals surface area contributed by atoms with E-state index in [9.17, 15) is 13.2 Å². The molecule has 3 aromatic rings. The van der Waals surface area contributed by atoms with Crippen molar-refractivity contribution in [2.75, 3.05) is 31.1 Å². The van der Waals surface area contributed by atoms with Gasteiger partial charge in [0.15, 0.2) is 6.10 Å². The topological polar surface area (TPSA) is 94.2 Å². The number of carbonyl (C=O) groups excluding carboxylic acids is 1. The van der Waals surface area contributed by atoms with Gasteiger partial charge in [0, 0.05) is 5.02 Å². The van der Waals surface area contributed by atoms with Crippen molar-refractivity contribution >= 4 is 33.2 Å². The summed E-state index contributed by atoms with van der Waals surface area (Å²) in [5, 5.41) is 3.35. The number of aryl methyl sites for hydroxylation is 1. The number of methoxy groups -OCH3 is 1. The number of halogens is 1. The molecule has 1 aliphatic rings. The Morgan fingerprint density at radius 1 is 1.09 bits per heavy atom. The molecule has 1 amide bonds. The van der Waals surface area contributed by atoms with E-state index < -0.39 is 22.0 Å². The largest absolute Gasteiger partial charge is 0.497 e. The van der Waals surface area contributed by atoms with E-state index in [0.717, 1.165) is 5.56 Å². The second-order valence-corrected chi connectivity index (χ2v) is 10.2. The lowest BCUT2D eigenvalue weighted by atomic mass is 10.1. The molecule has 0 radical (unpaired) electrons. The maximum Gasteiger partial charge on any atom is 0.264 e. The van der Waals surface area contributed by atoms with Gasteiger partial charge in [-0.05, 0) is 73.2 Å². The third kappa shape index (κ3) is 5.63. The van der Waals surface area contributed by atoms with Gasteiger partial charge < -0.3 is 19.5 Å². The molecule has 8 nitrogen and oxygen atoms in total. The molecular weight excluding hydrogens is 492 g/mol. The number of carbonyl (C=O) groups is 1. The minimum atomic E-state index is -3.97. The summed E-state index contributed by atoms with van der Waals surface area (Å²) in [6.45, 7) is 2.13. The van der Waals surface area contributed by atoms with Crippen molar-refractivity contribution in [2.45, 2.75) is 17.9 Å². The number of nitrogens with one attached hydrogen (secondary N) is 1. The van der Waals surface area contributed by atoms with Crippen LogP contribution in [0.3, 0.4) is 0 Å². The van der Waals surface area contributed by atoms with Crippen LogP contribution in [0.15, 0.2) is 71.6 Å². The van der Waals surface area contributed by atoms with Crippen LogP contribution < -0.4 is 23.8 Å². The SMILES string of the molecule is COc1ccc(S(=O)(=O)N2C[C@H](C(=O)NCCOc3ccc(Cl)cc3)Oc3ccc(C)cc32)cc1. The fraction of sp³-hybridized carbons (Fsp3) is 0.240. The van der Waals surface area contributed by atoms with E-state index in [-0.39, 0.29) is 24.6 Å². The van der Waals surface area contributed by atoms with E-state index in [2.05, 4.69) is 5.32 Å². The van der Waals surface area contributed by atoms with Gasteiger partial charge in [-0.3, -0.25) is 9.10 Å². The van der Waals surface area contributed by atoms with Crippen molar-refractivity contribution < 1.29 is 27.4 Å². The molecule has 0 unspecified atom stereocenters. The fourth-order valence-electron chi connectivity index (χ4n) is 3.59. The van der Waals surface area contributed by atoms with Crippen molar-refractivity contribution in [1.29, 1.82) is 0 Å². The third-order valence-corrected chi connectivity index (χ3v) is 7.45. The number of hydrogen-bond acceptors (Lipinski definition) is 6. The number of sulfonamides is 1. The minimum Gasteiger partial charge on any atom is -0.497 e. The highest BCUT2D eigenvalue weighted by molar-refractivity contribution is 7.92. The molecule has 10 heteroatoms. The van der Waals surface area contributed by atoms with Gasteiger partial charge in [0.05, 0.1) is 30.8 Å². The van der Waals surface area contributed by atoms with E-state index in [0.29, 0.717) is 28.0 Å². The molecule has 1 N–H and O–H groups in total. The zero-order chi connectivity index (χ0) is 25.0. The average molecular weight is 517 g/mol. The summed E-state index contributed by atoms with van der Waals surface area (Å²) in [6.07, 6.45) is -1.03. The summed E-state index contributed by atoms with van der Waals surface area (Å²) in [7, 11) is -2.46. The molecule has 0 fully saturated rings. The normalized spacial score (nSPS) is 15.1. The molecular formula is C25H25ClN2O6S. The van der Waals surface area contributed by atoms with Gasteiger partial charge in [0.2, 0.25) is 0 Å². The van der Waals surface area contributed by atoms with E-state index in [1.54, 1.807) is 54.6 Å². The van der Waals surface area contributed by atoms with Gasteiger partial charge in [0.1, 0.15) is 23.9 Å². The number of ether oxygens (including phenoxy) is 3. The van der Waals surface area contributed by atoms with Crippen molar-refractivity contribution in [3.05, 3.63) is 77.3 Å². The Balaban J connectivity index is 1.49. The maximum atomic E-state index is 13.5. The smallest absolute Gasteiger partial charge is 0.264 e. The lowest BCUT2D eigenvalue weighted by Crippen LogP contribution is -2.51. The molecule has 35 heavy (non-hydrogen) atoms. The summed E-state index contributed by atoms with van der Waals surface area (Å²) in [4.78, 5) is 13.0. The Labute approximate surface area is 209 Å². The number of rotatable bonds is 8. The van der Waals surface area contributed by atoms with Crippen LogP contribution in [0.25, 0.3) is 0 Å². The number of anilines is 1. The number of benzene rings is 3. The Morgan fingerprint density at radius 2 is 1.77 bits per heavy atom. The second kappa shape index (κ2) is 10.5. The highest BCUT2D eigenvalue weighted by Gasteiger charge is 2.37. The van der Waals surface area contributed by atoms with Crippen LogP contribution in [0.4, 0.5) is 5.69 Å². The van der Waals surface area contributed by atoms with Crippen molar-refractivity contribution in [2.24, 2.45) is 0 Å². The predicted molar refractivity (Wildman–Crippen MR) is 133 cm³/mol. The Hall–Kier alpha value is -3.43. The van der Waals surface area contributed by atoms with Crippen molar-refractivity contribution in [3.8, 4) is 17.2 Å². The predicted octanol–water partition coefficient (Wildman–Crippen LogP) is 3.81. The standard InChI is InChI=1S/C25H25ClN2O6S/c1-17-3-12-23-22(15-17)28(35(30,31)21-10-8-19(32-2)9-11-21)16-24(34-23)25(29)27-13-14-33-20-6-4-18(26)5-7-20/h3-12,15,24H,13-14,16H2,1-2H3,(H,27,29)/t24-/m1/s1. The molecule has 0 aliphatic carbocycles. The van der Waals surface area contributed by atoms with Crippen molar-refractivity contribution in [1.82, 2.24) is 5.32 Å². The highest BCUT2D eigenvalue weighted by atomic mass is 35.5. The monoisotopic (exact) mass is 516 g/mol. The summed E-state index contributed by atoms with van der Waals surface area (Å²) in [5.41, 5.74) is 1.25. The van der Waals surface area contributed by atoms with E-state index in [1.807, 2.05) is 6.92 Å². The summed E-state index contributed by atoms with van der Waals surface area (Å²) < 4.78 is 44.9. The van der Waals surface area contributed by atoms with Crippen LogP contribution >= 0.6 is 11.6 Å². The number of hydrogen-bond donors (Lipinski definition) is 1. The van der Waals surface area contributed by atoms with Crippen LogP contribution in [-0.4, -0.2) is 47.2 Å². The number of amides is 1. The average Bonchev–Trinajstić information content (AvgIpc) is 2.86. The highest BCUT2D eigenvalue weighted by Crippen LogP contribution is 2.38. The first kappa shape index (κ1) is 24.7. The van der Waals surface area contributed by atoms with Crippen LogP contribution in [0.1, 0.15) is 5.56 Å². The lowest BCUT2D eigenvalue weighted by molar-refractivity contribution is -0.127. The molecule has 0 aromatic heterocycles. The Morgan fingerprint density at radius 3 is 2.46 bits per heavy atom. The molecule has 1 aliphatic heterocycles. The van der Waals surface area contributed by atoms with Gasteiger partial charge in [0.25, 0.3) is 15.9 Å². The molecule has 0 spiro atoms. The van der Waals surface area contributed by atoms with Crippen LogP contribution in [0.5, 0.6) is 17.2 Å². The molecule has 3 aromatic carbocycles. The first-order valence-corrected chi connectivity index (χ1v) is 12.7. The van der Waals surface area contributed by atoms with Gasteiger partial charge >= 0.3 is 0 Å². The summed E-state index contributed by atoms with van der Waals surface area (Å²) >= 11 is 5.86. The summed E-state index contributed by atoms with van der Waals surface area (Å²) in [5.74, 6) is 1.04. The quantitative estimate of drug-likeness (QED) is 0.458. The fourth-order valence-corrected chi connectivity index (χ4v) is 5.18. The summed E-state index contributed by atoms with van der Waals surface area (Å²) in [6, 6.07) is 18.2. The first-order valence-electron chi connectivity index (χ1n) is 10.9. The Kier molecular flexibility index (Phi) is 7.37. The van der Waals surface area contributed by atoms with Crippen molar-refractivity contribution in [3.63, 3.8) is 0 Å². The van der Waals surface area contributed by atoms with Crippen LogP contribution in [0.2, 0.25) is 5.02 Å². The van der Waals surface area contributed by atoms with E-state index in [4.69, 9.17) is 25.8 Å². The zero-order valence-corrected chi connectivity index (χ0v) is 20.8.